The highest BCUT2D eigenvalue weighted by Crippen LogP contribution is 2.35. The zero-order valence-corrected chi connectivity index (χ0v) is 9.77. The van der Waals surface area contributed by atoms with Crippen molar-refractivity contribution in [2.45, 2.75) is 19.5 Å². The van der Waals surface area contributed by atoms with Crippen molar-refractivity contribution in [3.05, 3.63) is 34.7 Å². The average Bonchev–Trinajstić information content (AvgIpc) is 2.58. The summed E-state index contributed by atoms with van der Waals surface area (Å²) in [5, 5.41) is 9.62. The molecule has 1 aromatic carbocycles. The minimum Gasteiger partial charge on any atom is -0.478 e. The van der Waals surface area contributed by atoms with E-state index in [0.717, 1.165) is 10.1 Å². The monoisotopic (exact) mass is 238 g/mol. The molecular formula is C12H11FO2S. The van der Waals surface area contributed by atoms with E-state index in [1.54, 1.807) is 18.2 Å². The van der Waals surface area contributed by atoms with Crippen molar-refractivity contribution < 1.29 is 14.3 Å². The standard InChI is InChI=1S/C12H11FO2S/c1-12(2,13)10-6-8-5-7(11(14)15)3-4-9(8)16-10/h3-6H,1-2H3,(H,14,15). The summed E-state index contributed by atoms with van der Waals surface area (Å²) in [6, 6.07) is 6.55. The third-order valence-electron chi connectivity index (χ3n) is 2.35. The number of benzene rings is 1. The van der Waals surface area contributed by atoms with Gasteiger partial charge in [-0.15, -0.1) is 11.3 Å². The Kier molecular flexibility index (Phi) is 2.46. The van der Waals surface area contributed by atoms with Gasteiger partial charge in [0.25, 0.3) is 0 Å². The van der Waals surface area contributed by atoms with E-state index in [2.05, 4.69) is 0 Å². The summed E-state index contributed by atoms with van der Waals surface area (Å²) in [5.74, 6) is -0.964. The first-order valence-electron chi connectivity index (χ1n) is 4.84. The van der Waals surface area contributed by atoms with Crippen LogP contribution >= 0.6 is 11.3 Å². The van der Waals surface area contributed by atoms with E-state index in [-0.39, 0.29) is 5.56 Å². The van der Waals surface area contributed by atoms with E-state index in [1.165, 1.54) is 31.3 Å². The van der Waals surface area contributed by atoms with Gasteiger partial charge in [-0.05, 0) is 43.5 Å². The highest BCUT2D eigenvalue weighted by Gasteiger charge is 2.21. The average molecular weight is 238 g/mol. The molecule has 0 aliphatic rings. The maximum Gasteiger partial charge on any atom is 0.335 e. The zero-order valence-electron chi connectivity index (χ0n) is 8.95. The van der Waals surface area contributed by atoms with Crippen LogP contribution in [0.1, 0.15) is 29.1 Å². The molecule has 16 heavy (non-hydrogen) atoms. The lowest BCUT2D eigenvalue weighted by Crippen LogP contribution is -2.05. The Morgan fingerprint density at radius 2 is 2.06 bits per heavy atom. The van der Waals surface area contributed by atoms with Crippen LogP contribution in [-0.2, 0) is 5.67 Å². The number of aromatic carboxylic acids is 1. The number of rotatable bonds is 2. The van der Waals surface area contributed by atoms with E-state index < -0.39 is 11.6 Å². The van der Waals surface area contributed by atoms with Crippen LogP contribution in [0.2, 0.25) is 0 Å². The van der Waals surface area contributed by atoms with Crippen LogP contribution in [0, 0.1) is 0 Å². The summed E-state index contributed by atoms with van der Waals surface area (Å²) in [7, 11) is 0. The number of thiophene rings is 1. The SMILES string of the molecule is CC(C)(F)c1cc2cc(C(=O)O)ccc2s1. The van der Waals surface area contributed by atoms with Crippen LogP contribution in [0.15, 0.2) is 24.3 Å². The van der Waals surface area contributed by atoms with Gasteiger partial charge in [-0.3, -0.25) is 0 Å². The molecule has 0 aliphatic carbocycles. The van der Waals surface area contributed by atoms with Crippen molar-refractivity contribution in [1.82, 2.24) is 0 Å². The first-order valence-corrected chi connectivity index (χ1v) is 5.66. The molecule has 0 saturated carbocycles. The van der Waals surface area contributed by atoms with Crippen LogP contribution in [0.4, 0.5) is 4.39 Å². The molecule has 0 unspecified atom stereocenters. The molecule has 2 aromatic rings. The zero-order chi connectivity index (χ0) is 11.9. The minimum absolute atomic E-state index is 0.230. The summed E-state index contributed by atoms with van der Waals surface area (Å²) in [6.07, 6.45) is 0. The largest absolute Gasteiger partial charge is 0.478 e. The summed E-state index contributed by atoms with van der Waals surface area (Å²) >= 11 is 1.36. The van der Waals surface area contributed by atoms with E-state index in [1.807, 2.05) is 0 Å². The number of alkyl halides is 1. The van der Waals surface area contributed by atoms with Crippen LogP contribution < -0.4 is 0 Å². The first-order chi connectivity index (χ1) is 7.38. The number of carbonyl (C=O) groups is 1. The smallest absolute Gasteiger partial charge is 0.335 e. The van der Waals surface area contributed by atoms with Crippen molar-refractivity contribution >= 4 is 27.4 Å². The van der Waals surface area contributed by atoms with Crippen LogP contribution in [0.25, 0.3) is 10.1 Å². The van der Waals surface area contributed by atoms with Gasteiger partial charge in [-0.1, -0.05) is 0 Å². The molecule has 0 radical (unpaired) electrons. The van der Waals surface area contributed by atoms with Gasteiger partial charge >= 0.3 is 5.97 Å². The Labute approximate surface area is 96.3 Å². The van der Waals surface area contributed by atoms with Gasteiger partial charge in [0, 0.05) is 9.58 Å². The van der Waals surface area contributed by atoms with Gasteiger partial charge < -0.3 is 5.11 Å². The Morgan fingerprint density at radius 3 is 2.62 bits per heavy atom. The predicted molar refractivity (Wildman–Crippen MR) is 62.9 cm³/mol. The lowest BCUT2D eigenvalue weighted by atomic mass is 10.1. The Morgan fingerprint density at radius 1 is 1.38 bits per heavy atom. The van der Waals surface area contributed by atoms with E-state index >= 15 is 0 Å². The van der Waals surface area contributed by atoms with Crippen molar-refractivity contribution in [2.24, 2.45) is 0 Å². The van der Waals surface area contributed by atoms with Crippen LogP contribution in [-0.4, -0.2) is 11.1 Å². The number of carboxylic acids is 1. The van der Waals surface area contributed by atoms with E-state index in [9.17, 15) is 9.18 Å². The van der Waals surface area contributed by atoms with Gasteiger partial charge in [-0.25, -0.2) is 9.18 Å². The summed E-state index contributed by atoms with van der Waals surface area (Å²) in [5.41, 5.74) is -1.15. The normalized spacial score (nSPS) is 11.9. The number of carboxylic acid groups (broad SMARTS) is 1. The second-order valence-corrected chi connectivity index (χ2v) is 5.22. The van der Waals surface area contributed by atoms with Crippen LogP contribution in [0.3, 0.4) is 0 Å². The quantitative estimate of drug-likeness (QED) is 0.863. The molecule has 0 amide bonds. The molecule has 0 fully saturated rings. The van der Waals surface area contributed by atoms with Gasteiger partial charge in [0.15, 0.2) is 0 Å². The third kappa shape index (κ3) is 1.93. The summed E-state index contributed by atoms with van der Waals surface area (Å²) in [4.78, 5) is 11.4. The summed E-state index contributed by atoms with van der Waals surface area (Å²) < 4.78 is 14.6. The Bertz CT molecular complexity index is 552. The number of halogens is 1. The second kappa shape index (κ2) is 3.56. The molecule has 2 nitrogen and oxygen atoms in total. The lowest BCUT2D eigenvalue weighted by molar-refractivity contribution is 0.0697. The maximum absolute atomic E-state index is 13.7. The third-order valence-corrected chi connectivity index (χ3v) is 3.76. The molecule has 0 spiro atoms. The van der Waals surface area contributed by atoms with Crippen molar-refractivity contribution in [1.29, 1.82) is 0 Å². The molecule has 0 atom stereocenters. The lowest BCUT2D eigenvalue weighted by Gasteiger charge is -2.09. The molecule has 0 aliphatic heterocycles. The first kappa shape index (κ1) is 11.1. The molecule has 1 aromatic heterocycles. The molecule has 1 heterocycles. The van der Waals surface area contributed by atoms with Gasteiger partial charge in [0.1, 0.15) is 5.67 Å². The fourth-order valence-electron chi connectivity index (χ4n) is 1.47. The Hall–Kier alpha value is -1.42. The summed E-state index contributed by atoms with van der Waals surface area (Å²) in [6.45, 7) is 2.99. The number of fused-ring (bicyclic) bond motifs is 1. The molecule has 2 rings (SSSR count). The number of hydrogen-bond donors (Lipinski definition) is 1. The fourth-order valence-corrected chi connectivity index (χ4v) is 2.51. The molecule has 4 heteroatoms. The van der Waals surface area contributed by atoms with Crippen LogP contribution in [0.5, 0.6) is 0 Å². The highest BCUT2D eigenvalue weighted by molar-refractivity contribution is 7.19. The van der Waals surface area contributed by atoms with Gasteiger partial charge in [0.2, 0.25) is 0 Å². The van der Waals surface area contributed by atoms with Crippen molar-refractivity contribution in [3.8, 4) is 0 Å². The van der Waals surface area contributed by atoms with E-state index in [0.29, 0.717) is 4.88 Å². The highest BCUT2D eigenvalue weighted by atomic mass is 32.1. The molecular weight excluding hydrogens is 227 g/mol. The topological polar surface area (TPSA) is 37.3 Å². The van der Waals surface area contributed by atoms with Crippen molar-refractivity contribution in [2.75, 3.05) is 0 Å². The van der Waals surface area contributed by atoms with Gasteiger partial charge in [-0.2, -0.15) is 0 Å². The molecule has 1 N–H and O–H groups in total. The molecule has 84 valence electrons. The molecule has 0 saturated heterocycles. The maximum atomic E-state index is 13.7. The predicted octanol–water partition coefficient (Wildman–Crippen LogP) is 3.80. The Balaban J connectivity index is 2.59. The van der Waals surface area contributed by atoms with E-state index in [4.69, 9.17) is 5.11 Å². The second-order valence-electron chi connectivity index (χ2n) is 4.14. The molecule has 0 bridgehead atoms. The minimum atomic E-state index is -1.38. The van der Waals surface area contributed by atoms with Crippen molar-refractivity contribution in [3.63, 3.8) is 0 Å². The van der Waals surface area contributed by atoms with Gasteiger partial charge in [0.05, 0.1) is 5.56 Å². The fraction of sp³-hybridized carbons (Fsp3) is 0.250. The number of hydrogen-bond acceptors (Lipinski definition) is 2.